The van der Waals surface area contributed by atoms with E-state index < -0.39 is 0 Å². The fraction of sp³-hybridized carbons (Fsp3) is 0.526. The summed E-state index contributed by atoms with van der Waals surface area (Å²) in [7, 11) is 1.91. The highest BCUT2D eigenvalue weighted by Crippen LogP contribution is 2.24. The SMILES string of the molecule is CCCCc1c(CCCC)c2ccc(C)cc2n(C)c1=O. The monoisotopic (exact) mass is 285 g/mol. The molecule has 2 nitrogen and oxygen atoms in total. The molecule has 0 unspecified atom stereocenters. The van der Waals surface area contributed by atoms with Crippen molar-refractivity contribution in [3.63, 3.8) is 0 Å². The molecule has 0 bridgehead atoms. The van der Waals surface area contributed by atoms with Gasteiger partial charge >= 0.3 is 0 Å². The second-order valence-corrected chi connectivity index (χ2v) is 6.05. The number of pyridine rings is 1. The molecular weight excluding hydrogens is 258 g/mol. The first-order chi connectivity index (χ1) is 10.1. The molecule has 21 heavy (non-hydrogen) atoms. The van der Waals surface area contributed by atoms with Crippen LogP contribution in [0.25, 0.3) is 10.9 Å². The second kappa shape index (κ2) is 6.93. The van der Waals surface area contributed by atoms with E-state index in [4.69, 9.17) is 0 Å². The lowest BCUT2D eigenvalue weighted by Crippen LogP contribution is -2.24. The van der Waals surface area contributed by atoms with Crippen LogP contribution in [0.3, 0.4) is 0 Å². The lowest BCUT2D eigenvalue weighted by molar-refractivity contribution is 0.740. The third kappa shape index (κ3) is 3.20. The van der Waals surface area contributed by atoms with Gasteiger partial charge in [-0.25, -0.2) is 0 Å². The van der Waals surface area contributed by atoms with Crippen LogP contribution in [0, 0.1) is 6.92 Å². The lowest BCUT2D eigenvalue weighted by atomic mass is 9.94. The summed E-state index contributed by atoms with van der Waals surface area (Å²) in [5, 5.41) is 1.27. The van der Waals surface area contributed by atoms with E-state index >= 15 is 0 Å². The third-order valence-corrected chi connectivity index (χ3v) is 4.33. The Hall–Kier alpha value is -1.57. The normalized spacial score (nSPS) is 11.2. The molecule has 0 saturated carbocycles. The molecule has 0 aliphatic carbocycles. The molecule has 1 heterocycles. The van der Waals surface area contributed by atoms with Crippen LogP contribution in [-0.2, 0) is 19.9 Å². The first-order valence-corrected chi connectivity index (χ1v) is 8.21. The van der Waals surface area contributed by atoms with E-state index in [1.807, 2.05) is 11.6 Å². The van der Waals surface area contributed by atoms with Gasteiger partial charge in [0.15, 0.2) is 0 Å². The topological polar surface area (TPSA) is 22.0 Å². The largest absolute Gasteiger partial charge is 0.311 e. The van der Waals surface area contributed by atoms with Crippen LogP contribution in [0.4, 0.5) is 0 Å². The molecule has 0 radical (unpaired) electrons. The molecule has 0 aliphatic heterocycles. The minimum absolute atomic E-state index is 0.202. The standard InChI is InChI=1S/C19H27NO/c1-5-7-9-15-16-12-11-14(3)13-18(16)20(4)19(21)17(15)10-8-6-2/h11-13H,5-10H2,1-4H3. The van der Waals surface area contributed by atoms with Crippen LogP contribution in [0.5, 0.6) is 0 Å². The Kier molecular flexibility index (Phi) is 5.22. The lowest BCUT2D eigenvalue weighted by Gasteiger charge is -2.16. The van der Waals surface area contributed by atoms with Crippen LogP contribution in [0.2, 0.25) is 0 Å². The zero-order chi connectivity index (χ0) is 15.4. The number of hydrogen-bond acceptors (Lipinski definition) is 1. The molecule has 114 valence electrons. The second-order valence-electron chi connectivity index (χ2n) is 6.05. The van der Waals surface area contributed by atoms with Gasteiger partial charge in [0, 0.05) is 18.0 Å². The minimum atomic E-state index is 0.202. The van der Waals surface area contributed by atoms with E-state index in [1.54, 1.807) is 0 Å². The molecule has 0 aliphatic rings. The number of hydrogen-bond donors (Lipinski definition) is 0. The number of aryl methyl sites for hydroxylation is 3. The Balaban J connectivity index is 2.70. The summed E-state index contributed by atoms with van der Waals surface area (Å²) in [6, 6.07) is 6.49. The molecule has 0 spiro atoms. The van der Waals surface area contributed by atoms with Crippen LogP contribution in [0.15, 0.2) is 23.0 Å². The predicted octanol–water partition coefficient (Wildman–Crippen LogP) is 4.53. The fourth-order valence-corrected chi connectivity index (χ4v) is 3.03. The van der Waals surface area contributed by atoms with Crippen LogP contribution >= 0.6 is 0 Å². The first-order valence-electron chi connectivity index (χ1n) is 8.21. The van der Waals surface area contributed by atoms with Gasteiger partial charge in [-0.05, 0) is 49.8 Å². The summed E-state index contributed by atoms with van der Waals surface area (Å²) < 4.78 is 1.84. The summed E-state index contributed by atoms with van der Waals surface area (Å²) in [6.07, 6.45) is 6.45. The van der Waals surface area contributed by atoms with Crippen molar-refractivity contribution in [2.24, 2.45) is 7.05 Å². The van der Waals surface area contributed by atoms with Crippen LogP contribution < -0.4 is 5.56 Å². The van der Waals surface area contributed by atoms with E-state index in [1.165, 1.54) is 16.5 Å². The van der Waals surface area contributed by atoms with Gasteiger partial charge in [0.1, 0.15) is 0 Å². The molecule has 0 atom stereocenters. The van der Waals surface area contributed by atoms with Crippen molar-refractivity contribution in [2.75, 3.05) is 0 Å². The zero-order valence-corrected chi connectivity index (χ0v) is 13.8. The smallest absolute Gasteiger partial charge is 0.254 e. The third-order valence-electron chi connectivity index (χ3n) is 4.33. The van der Waals surface area contributed by atoms with E-state index in [9.17, 15) is 4.79 Å². The summed E-state index contributed by atoms with van der Waals surface area (Å²) in [6.45, 7) is 6.47. The van der Waals surface area contributed by atoms with Crippen molar-refractivity contribution < 1.29 is 0 Å². The molecule has 1 aromatic heterocycles. The van der Waals surface area contributed by atoms with Crippen molar-refractivity contribution in [2.45, 2.75) is 59.3 Å². The molecule has 2 heteroatoms. The van der Waals surface area contributed by atoms with Gasteiger partial charge in [-0.1, -0.05) is 38.8 Å². The van der Waals surface area contributed by atoms with Crippen LogP contribution in [0.1, 0.15) is 56.2 Å². The average Bonchev–Trinajstić information content (AvgIpc) is 2.48. The highest BCUT2D eigenvalue weighted by molar-refractivity contribution is 5.84. The van der Waals surface area contributed by atoms with Crippen molar-refractivity contribution in [3.8, 4) is 0 Å². The Morgan fingerprint density at radius 2 is 1.62 bits per heavy atom. The van der Waals surface area contributed by atoms with Gasteiger partial charge in [0.2, 0.25) is 0 Å². The molecule has 0 amide bonds. The average molecular weight is 285 g/mol. The van der Waals surface area contributed by atoms with Crippen molar-refractivity contribution in [1.82, 2.24) is 4.57 Å². The van der Waals surface area contributed by atoms with Gasteiger partial charge in [-0.15, -0.1) is 0 Å². The van der Waals surface area contributed by atoms with E-state index in [0.717, 1.165) is 49.6 Å². The maximum absolute atomic E-state index is 12.7. The van der Waals surface area contributed by atoms with E-state index in [0.29, 0.717) is 0 Å². The number of nitrogens with zero attached hydrogens (tertiary/aromatic N) is 1. The maximum Gasteiger partial charge on any atom is 0.254 e. The summed E-state index contributed by atoms with van der Waals surface area (Å²) >= 11 is 0. The van der Waals surface area contributed by atoms with Gasteiger partial charge in [0.25, 0.3) is 5.56 Å². The maximum atomic E-state index is 12.7. The molecule has 0 saturated heterocycles. The molecule has 0 N–H and O–H groups in total. The van der Waals surface area contributed by atoms with Gasteiger partial charge < -0.3 is 4.57 Å². The molecule has 0 fully saturated rings. The highest BCUT2D eigenvalue weighted by Gasteiger charge is 2.14. The Labute approximate surface area is 127 Å². The van der Waals surface area contributed by atoms with Gasteiger partial charge in [0.05, 0.1) is 5.52 Å². The molecule has 2 rings (SSSR count). The Bertz CT molecular complexity index is 682. The minimum Gasteiger partial charge on any atom is -0.311 e. The van der Waals surface area contributed by atoms with Gasteiger partial charge in [-0.3, -0.25) is 4.79 Å². The molecule has 2 aromatic rings. The van der Waals surface area contributed by atoms with E-state index in [2.05, 4.69) is 39.0 Å². The number of benzene rings is 1. The fourth-order valence-electron chi connectivity index (χ4n) is 3.03. The molecule has 1 aromatic carbocycles. The van der Waals surface area contributed by atoms with Crippen molar-refractivity contribution >= 4 is 10.9 Å². The Morgan fingerprint density at radius 1 is 1.00 bits per heavy atom. The zero-order valence-electron chi connectivity index (χ0n) is 13.8. The number of rotatable bonds is 6. The van der Waals surface area contributed by atoms with Crippen molar-refractivity contribution in [3.05, 3.63) is 45.2 Å². The highest BCUT2D eigenvalue weighted by atomic mass is 16.1. The number of unbranched alkanes of at least 4 members (excludes halogenated alkanes) is 2. The quantitative estimate of drug-likeness (QED) is 0.764. The van der Waals surface area contributed by atoms with Gasteiger partial charge in [-0.2, -0.15) is 0 Å². The van der Waals surface area contributed by atoms with Crippen molar-refractivity contribution in [1.29, 1.82) is 0 Å². The number of aromatic nitrogens is 1. The Morgan fingerprint density at radius 3 is 2.24 bits per heavy atom. The summed E-state index contributed by atoms with van der Waals surface area (Å²) in [5.41, 5.74) is 4.83. The summed E-state index contributed by atoms with van der Waals surface area (Å²) in [5.74, 6) is 0. The molecular formula is C19H27NO. The predicted molar refractivity (Wildman–Crippen MR) is 91.2 cm³/mol. The first kappa shape index (κ1) is 15.8. The number of fused-ring (bicyclic) bond motifs is 1. The van der Waals surface area contributed by atoms with E-state index in [-0.39, 0.29) is 5.56 Å². The summed E-state index contributed by atoms with van der Waals surface area (Å²) in [4.78, 5) is 12.7. The van der Waals surface area contributed by atoms with Crippen LogP contribution in [-0.4, -0.2) is 4.57 Å².